The summed E-state index contributed by atoms with van der Waals surface area (Å²) in [6.07, 6.45) is 18.6. The van der Waals surface area contributed by atoms with E-state index in [2.05, 4.69) is 34.6 Å². The van der Waals surface area contributed by atoms with Gasteiger partial charge in [0, 0.05) is 5.97 Å². The summed E-state index contributed by atoms with van der Waals surface area (Å²) in [5, 5.41) is 20.3. The number of benzene rings is 1. The molecule has 0 atom stereocenters. The maximum absolute atomic E-state index is 10.2. The molecule has 4 radical (unpaired) electrons. The van der Waals surface area contributed by atoms with Crippen LogP contribution >= 0.6 is 0 Å². The molecule has 1 rings (SSSR count). The average Bonchev–Trinajstić information content (AvgIpc) is 2.83. The van der Waals surface area contributed by atoms with Crippen molar-refractivity contribution in [3.63, 3.8) is 0 Å². The summed E-state index contributed by atoms with van der Waals surface area (Å²) in [5.74, 6) is -2.03. The molecule has 0 unspecified atom stereocenters. The smallest absolute Gasteiger partial charge is 0.550 e. The Balaban J connectivity index is -0.000000214. The van der Waals surface area contributed by atoms with Crippen molar-refractivity contribution in [3.05, 3.63) is 49.2 Å². The van der Waals surface area contributed by atoms with E-state index in [0.717, 1.165) is 31.2 Å². The fraction of sp³-hybridized carbons (Fsp3) is 0.667. The number of carbonyl (C=O) groups is 2. The summed E-state index contributed by atoms with van der Waals surface area (Å²) in [6, 6.07) is 6.55. The first-order valence-corrected chi connectivity index (χ1v) is 13.4. The van der Waals surface area contributed by atoms with Crippen LogP contribution in [0.4, 0.5) is 0 Å². The van der Waals surface area contributed by atoms with Crippen LogP contribution in [0.5, 0.6) is 0 Å². The molecule has 0 N–H and O–H groups in total. The van der Waals surface area contributed by atoms with Crippen LogP contribution in [0.25, 0.3) is 0 Å². The van der Waals surface area contributed by atoms with Crippen LogP contribution in [-0.4, -0.2) is 35.8 Å². The largest absolute Gasteiger partial charge is 2.00 e. The molecule has 0 aromatic heterocycles. The van der Waals surface area contributed by atoms with Crippen molar-refractivity contribution in [2.24, 2.45) is 0 Å². The Kier molecular flexibility index (Phi) is 41.2. The van der Waals surface area contributed by atoms with E-state index >= 15 is 0 Å². The van der Waals surface area contributed by atoms with Crippen LogP contribution in [0.2, 0.25) is 0 Å². The Bertz CT molecular complexity index is 536. The summed E-state index contributed by atoms with van der Waals surface area (Å²) in [5.41, 5.74) is 1.27. The van der Waals surface area contributed by atoms with E-state index in [1.165, 1.54) is 82.8 Å². The second-order valence-electron chi connectivity index (χ2n) is 8.52. The van der Waals surface area contributed by atoms with Crippen LogP contribution in [0.3, 0.4) is 0 Å². The Morgan fingerprint density at radius 1 is 0.657 bits per heavy atom. The maximum atomic E-state index is 10.2. The van der Waals surface area contributed by atoms with Gasteiger partial charge in [0.15, 0.2) is 0 Å². The molecule has 0 aliphatic heterocycles. The number of aryl methyl sites for hydroxylation is 1. The zero-order valence-electron chi connectivity index (χ0n) is 23.2. The molecule has 0 heterocycles. The van der Waals surface area contributed by atoms with Crippen molar-refractivity contribution >= 4 is 35.8 Å². The van der Waals surface area contributed by atoms with Gasteiger partial charge in [-0.05, 0) is 25.3 Å². The Labute approximate surface area is 234 Å². The SMILES string of the molecule is CCCCCCCCCCCCCC(=O)[O-].Cc1ccc(C(=O)[O-])cc1.[CH2]CCC.[CH2]CCC.[Sn+2]. The van der Waals surface area contributed by atoms with Crippen LogP contribution in [0, 0.1) is 20.8 Å². The Morgan fingerprint density at radius 3 is 1.29 bits per heavy atom. The molecule has 0 aliphatic carbocycles. The molecule has 0 spiro atoms. The number of hydrogen-bond donors (Lipinski definition) is 0. The molecule has 0 fully saturated rings. The Hall–Kier alpha value is -1.04. The number of carboxylic acid groups (broad SMARTS) is 2. The number of rotatable bonds is 15. The van der Waals surface area contributed by atoms with Gasteiger partial charge in [0.1, 0.15) is 0 Å². The predicted octanol–water partition coefficient (Wildman–Crippen LogP) is 6.66. The molecule has 1 aromatic carbocycles. The second-order valence-corrected chi connectivity index (χ2v) is 8.52. The third kappa shape index (κ3) is 40.4. The number of aliphatic carboxylic acids is 1. The van der Waals surface area contributed by atoms with Gasteiger partial charge in [-0.2, -0.15) is 0 Å². The standard InChI is InChI=1S/C14H28O2.C8H8O2.2C4H9.Sn/c1-2-3-4-5-6-7-8-9-10-11-12-13-14(15)16;1-6-2-4-7(5-3-6)8(9)10;2*1-3-4-2;/h2-13H2,1H3,(H,15,16);2-5H,1H3,(H,9,10);2*1,3-4H2,2H3;/q;;;;+2/p-2. The maximum Gasteiger partial charge on any atom is 2.00 e. The van der Waals surface area contributed by atoms with E-state index in [9.17, 15) is 19.8 Å². The fourth-order valence-corrected chi connectivity index (χ4v) is 2.62. The minimum absolute atomic E-state index is 0. The minimum atomic E-state index is -1.12. The minimum Gasteiger partial charge on any atom is -0.550 e. The number of hydrogen-bond acceptors (Lipinski definition) is 4. The number of carboxylic acids is 2. The van der Waals surface area contributed by atoms with Crippen LogP contribution < -0.4 is 10.2 Å². The normalized spacial score (nSPS) is 9.20. The van der Waals surface area contributed by atoms with Gasteiger partial charge in [0.05, 0.1) is 5.97 Å². The van der Waals surface area contributed by atoms with Crippen LogP contribution in [0.15, 0.2) is 24.3 Å². The number of aromatic carboxylic acids is 1. The molecule has 0 saturated heterocycles. The fourth-order valence-electron chi connectivity index (χ4n) is 2.62. The molecular formula is C30H52O4Sn. The topological polar surface area (TPSA) is 80.3 Å². The molecule has 35 heavy (non-hydrogen) atoms. The van der Waals surface area contributed by atoms with Gasteiger partial charge in [-0.1, -0.05) is 154 Å². The van der Waals surface area contributed by atoms with Gasteiger partial charge in [-0.15, -0.1) is 0 Å². The third-order valence-corrected chi connectivity index (χ3v) is 4.98. The molecule has 5 heteroatoms. The van der Waals surface area contributed by atoms with E-state index in [0.29, 0.717) is 0 Å². The van der Waals surface area contributed by atoms with E-state index in [4.69, 9.17) is 0 Å². The van der Waals surface area contributed by atoms with E-state index in [1.54, 1.807) is 12.1 Å². The first-order chi connectivity index (χ1) is 16.3. The van der Waals surface area contributed by atoms with Gasteiger partial charge in [0.2, 0.25) is 0 Å². The summed E-state index contributed by atoms with van der Waals surface area (Å²) in [6.45, 7) is 15.6. The molecular weight excluding hydrogens is 543 g/mol. The van der Waals surface area contributed by atoms with E-state index < -0.39 is 11.9 Å². The monoisotopic (exact) mass is 596 g/mol. The van der Waals surface area contributed by atoms with E-state index in [-0.39, 0.29) is 35.9 Å². The molecule has 0 bridgehead atoms. The Morgan fingerprint density at radius 2 is 1.00 bits per heavy atom. The van der Waals surface area contributed by atoms with Crippen LogP contribution in [-0.2, 0) is 4.79 Å². The second kappa shape index (κ2) is 35.1. The van der Waals surface area contributed by atoms with Crippen molar-refractivity contribution in [3.8, 4) is 0 Å². The number of carbonyl (C=O) groups excluding carboxylic acids is 2. The van der Waals surface area contributed by atoms with Gasteiger partial charge in [-0.3, -0.25) is 0 Å². The van der Waals surface area contributed by atoms with Crippen molar-refractivity contribution in [2.75, 3.05) is 0 Å². The van der Waals surface area contributed by atoms with Crippen molar-refractivity contribution in [1.29, 1.82) is 0 Å². The summed E-state index contributed by atoms with van der Waals surface area (Å²) in [4.78, 5) is 20.3. The molecule has 0 amide bonds. The zero-order chi connectivity index (χ0) is 26.5. The molecule has 0 aliphatic rings. The predicted molar refractivity (Wildman–Crippen MR) is 148 cm³/mol. The average molecular weight is 595 g/mol. The first kappa shape index (κ1) is 41.1. The van der Waals surface area contributed by atoms with E-state index in [1.807, 2.05) is 6.92 Å². The quantitative estimate of drug-likeness (QED) is 0.168. The molecule has 1 aromatic rings. The first-order valence-electron chi connectivity index (χ1n) is 13.4. The van der Waals surface area contributed by atoms with Gasteiger partial charge >= 0.3 is 23.9 Å². The van der Waals surface area contributed by atoms with Gasteiger partial charge in [0.25, 0.3) is 0 Å². The van der Waals surface area contributed by atoms with Crippen LogP contribution in [0.1, 0.15) is 139 Å². The van der Waals surface area contributed by atoms with Crippen molar-refractivity contribution in [1.82, 2.24) is 0 Å². The van der Waals surface area contributed by atoms with Crippen molar-refractivity contribution in [2.45, 2.75) is 130 Å². The summed E-state index contributed by atoms with van der Waals surface area (Å²) >= 11 is 0. The summed E-state index contributed by atoms with van der Waals surface area (Å²) < 4.78 is 0. The zero-order valence-corrected chi connectivity index (χ0v) is 26.0. The molecule has 4 nitrogen and oxygen atoms in total. The number of unbranched alkanes of at least 4 members (excludes halogenated alkanes) is 12. The summed E-state index contributed by atoms with van der Waals surface area (Å²) in [7, 11) is 0. The molecule has 200 valence electrons. The third-order valence-electron chi connectivity index (χ3n) is 4.98. The molecule has 0 saturated carbocycles. The van der Waals surface area contributed by atoms with Gasteiger partial charge < -0.3 is 19.8 Å². The van der Waals surface area contributed by atoms with Crippen molar-refractivity contribution < 1.29 is 19.8 Å². The van der Waals surface area contributed by atoms with Gasteiger partial charge in [-0.25, -0.2) is 0 Å².